The van der Waals surface area contributed by atoms with E-state index in [9.17, 15) is 0 Å². The zero-order valence-electron chi connectivity index (χ0n) is 9.36. The molecule has 16 heavy (non-hydrogen) atoms. The summed E-state index contributed by atoms with van der Waals surface area (Å²) in [4.78, 5) is 0. The van der Waals surface area contributed by atoms with E-state index in [-0.39, 0.29) is 0 Å². The third kappa shape index (κ3) is 2.76. The number of thiophene rings is 1. The Morgan fingerprint density at radius 2 is 2.19 bits per heavy atom. The molecule has 0 fully saturated rings. The van der Waals surface area contributed by atoms with Crippen LogP contribution in [0.1, 0.15) is 11.1 Å². The molecular formula is C13H16N2S. The summed E-state index contributed by atoms with van der Waals surface area (Å²) in [5.74, 6) is 0. The van der Waals surface area contributed by atoms with Crippen molar-refractivity contribution in [3.63, 3.8) is 0 Å². The molecule has 1 aromatic heterocycles. The van der Waals surface area contributed by atoms with Crippen LogP contribution in [0.15, 0.2) is 35.0 Å². The molecule has 0 aliphatic heterocycles. The van der Waals surface area contributed by atoms with Gasteiger partial charge in [-0.3, -0.25) is 0 Å². The number of nitrogen functional groups attached to an aromatic ring is 1. The maximum absolute atomic E-state index is 5.71. The maximum Gasteiger partial charge on any atom is 0.0371 e. The second-order valence-electron chi connectivity index (χ2n) is 3.88. The van der Waals surface area contributed by atoms with E-state index in [2.05, 4.69) is 29.1 Å². The molecule has 0 unspecified atom stereocenters. The molecule has 0 spiro atoms. The molecule has 2 aromatic rings. The molecule has 0 radical (unpaired) electrons. The zero-order valence-corrected chi connectivity index (χ0v) is 10.2. The average Bonchev–Trinajstić information content (AvgIpc) is 2.74. The number of hydrogen-bond donors (Lipinski definition) is 2. The van der Waals surface area contributed by atoms with Crippen LogP contribution in [0.2, 0.25) is 0 Å². The summed E-state index contributed by atoms with van der Waals surface area (Å²) in [7, 11) is 0. The smallest absolute Gasteiger partial charge is 0.0371 e. The number of aryl methyl sites for hydroxylation is 1. The predicted molar refractivity (Wildman–Crippen MR) is 72.1 cm³/mol. The van der Waals surface area contributed by atoms with Crippen LogP contribution in [-0.4, -0.2) is 6.54 Å². The third-order valence-corrected chi connectivity index (χ3v) is 3.29. The van der Waals surface area contributed by atoms with E-state index in [0.717, 1.165) is 18.7 Å². The summed E-state index contributed by atoms with van der Waals surface area (Å²) in [6.45, 7) is 3.03. The largest absolute Gasteiger partial charge is 0.399 e. The molecule has 0 atom stereocenters. The van der Waals surface area contributed by atoms with E-state index in [0.29, 0.717) is 0 Å². The topological polar surface area (TPSA) is 38.0 Å². The molecule has 2 nitrogen and oxygen atoms in total. The Morgan fingerprint density at radius 1 is 1.31 bits per heavy atom. The maximum atomic E-state index is 5.71. The first-order valence-electron chi connectivity index (χ1n) is 5.37. The highest BCUT2D eigenvalue weighted by atomic mass is 32.1. The van der Waals surface area contributed by atoms with Crippen molar-refractivity contribution in [2.75, 3.05) is 17.6 Å². The number of nitrogens with two attached hydrogens (primary N) is 1. The predicted octanol–water partition coefficient (Wildman–Crippen LogP) is 3.29. The Bertz CT molecular complexity index is 449. The molecule has 1 aromatic carbocycles. The van der Waals surface area contributed by atoms with E-state index < -0.39 is 0 Å². The van der Waals surface area contributed by atoms with Gasteiger partial charge in [-0.15, -0.1) is 0 Å². The third-order valence-electron chi connectivity index (χ3n) is 2.56. The zero-order chi connectivity index (χ0) is 11.4. The van der Waals surface area contributed by atoms with E-state index in [1.165, 1.54) is 16.8 Å². The molecule has 1 heterocycles. The van der Waals surface area contributed by atoms with Gasteiger partial charge < -0.3 is 11.1 Å². The molecule has 3 heteroatoms. The number of hydrogen-bond acceptors (Lipinski definition) is 3. The van der Waals surface area contributed by atoms with Crippen LogP contribution in [-0.2, 0) is 6.42 Å². The monoisotopic (exact) mass is 232 g/mol. The van der Waals surface area contributed by atoms with Crippen molar-refractivity contribution in [1.82, 2.24) is 0 Å². The van der Waals surface area contributed by atoms with Gasteiger partial charge >= 0.3 is 0 Å². The van der Waals surface area contributed by atoms with E-state index in [1.807, 2.05) is 18.2 Å². The SMILES string of the molecule is Cc1cc(N)ccc1NCCc1ccsc1. The number of rotatable bonds is 4. The lowest BCUT2D eigenvalue weighted by atomic mass is 10.1. The first-order chi connectivity index (χ1) is 7.75. The van der Waals surface area contributed by atoms with Crippen LogP contribution in [0.25, 0.3) is 0 Å². The van der Waals surface area contributed by atoms with Gasteiger partial charge in [0.15, 0.2) is 0 Å². The summed E-state index contributed by atoms with van der Waals surface area (Å²) in [5, 5.41) is 7.73. The number of anilines is 2. The summed E-state index contributed by atoms with van der Waals surface area (Å²) >= 11 is 1.75. The van der Waals surface area contributed by atoms with Gasteiger partial charge in [0.25, 0.3) is 0 Å². The minimum absolute atomic E-state index is 0.820. The van der Waals surface area contributed by atoms with Crippen molar-refractivity contribution in [2.24, 2.45) is 0 Å². The van der Waals surface area contributed by atoms with Crippen molar-refractivity contribution in [1.29, 1.82) is 0 Å². The van der Waals surface area contributed by atoms with Gasteiger partial charge in [0.1, 0.15) is 0 Å². The lowest BCUT2D eigenvalue weighted by molar-refractivity contribution is 1.02. The second-order valence-corrected chi connectivity index (χ2v) is 4.66. The second kappa shape index (κ2) is 5.03. The normalized spacial score (nSPS) is 10.3. The van der Waals surface area contributed by atoms with Gasteiger partial charge in [-0.05, 0) is 59.5 Å². The van der Waals surface area contributed by atoms with Crippen LogP contribution < -0.4 is 11.1 Å². The lowest BCUT2D eigenvalue weighted by Gasteiger charge is -2.09. The first-order valence-corrected chi connectivity index (χ1v) is 6.31. The van der Waals surface area contributed by atoms with Gasteiger partial charge in [0, 0.05) is 17.9 Å². The molecule has 0 aliphatic carbocycles. The number of nitrogens with one attached hydrogen (secondary N) is 1. The van der Waals surface area contributed by atoms with E-state index in [4.69, 9.17) is 5.73 Å². The van der Waals surface area contributed by atoms with Gasteiger partial charge in [-0.2, -0.15) is 11.3 Å². The Kier molecular flexibility index (Phi) is 3.47. The molecule has 3 N–H and O–H groups in total. The summed E-state index contributed by atoms with van der Waals surface area (Å²) in [6, 6.07) is 8.13. The Hall–Kier alpha value is -1.48. The number of benzene rings is 1. The van der Waals surface area contributed by atoms with Crippen LogP contribution in [0, 0.1) is 6.92 Å². The molecule has 0 amide bonds. The van der Waals surface area contributed by atoms with Crippen LogP contribution in [0.5, 0.6) is 0 Å². The van der Waals surface area contributed by atoms with Crippen molar-refractivity contribution in [2.45, 2.75) is 13.3 Å². The molecule has 0 aliphatic rings. The minimum atomic E-state index is 0.820. The molecule has 0 bridgehead atoms. The minimum Gasteiger partial charge on any atom is -0.399 e. The first kappa shape index (κ1) is 11.0. The molecule has 84 valence electrons. The molecule has 0 saturated carbocycles. The fraction of sp³-hybridized carbons (Fsp3) is 0.231. The Balaban J connectivity index is 1.90. The van der Waals surface area contributed by atoms with Crippen molar-refractivity contribution in [3.8, 4) is 0 Å². The van der Waals surface area contributed by atoms with Crippen LogP contribution >= 0.6 is 11.3 Å². The van der Waals surface area contributed by atoms with E-state index in [1.54, 1.807) is 11.3 Å². The summed E-state index contributed by atoms with van der Waals surface area (Å²) in [6.07, 6.45) is 1.06. The molecule has 2 rings (SSSR count). The summed E-state index contributed by atoms with van der Waals surface area (Å²) in [5.41, 5.74) is 10.3. The van der Waals surface area contributed by atoms with Crippen molar-refractivity contribution < 1.29 is 0 Å². The highest BCUT2D eigenvalue weighted by Crippen LogP contribution is 2.17. The van der Waals surface area contributed by atoms with Gasteiger partial charge in [0.2, 0.25) is 0 Å². The Labute approximate surface area is 100 Å². The molecular weight excluding hydrogens is 216 g/mol. The van der Waals surface area contributed by atoms with E-state index >= 15 is 0 Å². The fourth-order valence-corrected chi connectivity index (χ4v) is 2.36. The highest BCUT2D eigenvalue weighted by Gasteiger charge is 1.98. The fourth-order valence-electron chi connectivity index (χ4n) is 1.66. The summed E-state index contributed by atoms with van der Waals surface area (Å²) < 4.78 is 0. The average molecular weight is 232 g/mol. The highest BCUT2D eigenvalue weighted by molar-refractivity contribution is 7.07. The lowest BCUT2D eigenvalue weighted by Crippen LogP contribution is -2.05. The standard InChI is InChI=1S/C13H16N2S/c1-10-8-12(14)2-3-13(10)15-6-4-11-5-7-16-9-11/h2-3,5,7-9,15H,4,6,14H2,1H3. The van der Waals surface area contributed by atoms with Crippen LogP contribution in [0.3, 0.4) is 0 Å². The van der Waals surface area contributed by atoms with Gasteiger partial charge in [0.05, 0.1) is 0 Å². The molecule has 0 saturated heterocycles. The van der Waals surface area contributed by atoms with Gasteiger partial charge in [-0.1, -0.05) is 0 Å². The Morgan fingerprint density at radius 3 is 2.88 bits per heavy atom. The van der Waals surface area contributed by atoms with Gasteiger partial charge in [-0.25, -0.2) is 0 Å². The van der Waals surface area contributed by atoms with Crippen molar-refractivity contribution >= 4 is 22.7 Å². The quantitative estimate of drug-likeness (QED) is 0.794. The van der Waals surface area contributed by atoms with Crippen molar-refractivity contribution in [3.05, 3.63) is 46.2 Å². The van der Waals surface area contributed by atoms with Crippen LogP contribution in [0.4, 0.5) is 11.4 Å².